The van der Waals surface area contributed by atoms with E-state index in [4.69, 9.17) is 4.42 Å². The highest BCUT2D eigenvalue weighted by Gasteiger charge is 2.29. The SMILES string of the molecule is Cc1occc1-c1nc(C2CC2)c(I)c(=O)[nH]1. The van der Waals surface area contributed by atoms with Gasteiger partial charge in [0.25, 0.3) is 5.56 Å². The molecule has 2 heterocycles. The molecule has 1 saturated carbocycles. The first-order valence-electron chi connectivity index (χ1n) is 5.51. The molecule has 0 aromatic carbocycles. The molecule has 3 rings (SSSR count). The molecular weight excluding hydrogens is 331 g/mol. The maximum atomic E-state index is 11.9. The van der Waals surface area contributed by atoms with Crippen LogP contribution in [0, 0.1) is 10.5 Å². The van der Waals surface area contributed by atoms with Crippen molar-refractivity contribution in [3.05, 3.63) is 37.7 Å². The molecule has 1 aliphatic rings. The Hall–Kier alpha value is -1.11. The van der Waals surface area contributed by atoms with Crippen molar-refractivity contribution < 1.29 is 4.42 Å². The summed E-state index contributed by atoms with van der Waals surface area (Å²) in [5.74, 6) is 1.86. The quantitative estimate of drug-likeness (QED) is 0.854. The third-order valence-corrected chi connectivity index (χ3v) is 4.01. The zero-order valence-electron chi connectivity index (χ0n) is 9.29. The van der Waals surface area contributed by atoms with Crippen LogP contribution in [-0.4, -0.2) is 9.97 Å². The molecule has 0 unspecified atom stereocenters. The minimum atomic E-state index is -0.0573. The number of aromatic amines is 1. The molecule has 17 heavy (non-hydrogen) atoms. The summed E-state index contributed by atoms with van der Waals surface area (Å²) in [6.07, 6.45) is 3.88. The summed E-state index contributed by atoms with van der Waals surface area (Å²) in [4.78, 5) is 19.2. The van der Waals surface area contributed by atoms with Crippen LogP contribution in [0.25, 0.3) is 11.4 Å². The van der Waals surface area contributed by atoms with Crippen LogP contribution >= 0.6 is 22.6 Å². The number of nitrogens with one attached hydrogen (secondary N) is 1. The van der Waals surface area contributed by atoms with E-state index in [9.17, 15) is 4.79 Å². The van der Waals surface area contributed by atoms with Crippen LogP contribution in [0.15, 0.2) is 21.5 Å². The summed E-state index contributed by atoms with van der Waals surface area (Å²) < 4.78 is 5.96. The second-order valence-electron chi connectivity index (χ2n) is 4.28. The zero-order chi connectivity index (χ0) is 12.0. The minimum Gasteiger partial charge on any atom is -0.469 e. The molecule has 2 aromatic rings. The molecule has 1 N–H and O–H groups in total. The lowest BCUT2D eigenvalue weighted by Gasteiger charge is -2.04. The summed E-state index contributed by atoms with van der Waals surface area (Å²) in [5.41, 5.74) is 1.74. The zero-order valence-corrected chi connectivity index (χ0v) is 11.4. The van der Waals surface area contributed by atoms with Gasteiger partial charge in [0.1, 0.15) is 11.6 Å². The van der Waals surface area contributed by atoms with Crippen LogP contribution in [0.5, 0.6) is 0 Å². The Morgan fingerprint density at radius 2 is 2.29 bits per heavy atom. The second kappa shape index (κ2) is 3.97. The van der Waals surface area contributed by atoms with Crippen LogP contribution in [0.3, 0.4) is 0 Å². The first-order valence-corrected chi connectivity index (χ1v) is 6.59. The Morgan fingerprint density at radius 1 is 1.53 bits per heavy atom. The number of rotatable bonds is 2. The van der Waals surface area contributed by atoms with Gasteiger partial charge in [-0.2, -0.15) is 0 Å². The van der Waals surface area contributed by atoms with Gasteiger partial charge < -0.3 is 9.40 Å². The molecule has 88 valence electrons. The van der Waals surface area contributed by atoms with Gasteiger partial charge in [0, 0.05) is 5.92 Å². The van der Waals surface area contributed by atoms with Crippen LogP contribution in [0.4, 0.5) is 0 Å². The number of hydrogen-bond donors (Lipinski definition) is 1. The number of aryl methyl sites for hydroxylation is 1. The fraction of sp³-hybridized carbons (Fsp3) is 0.333. The lowest BCUT2D eigenvalue weighted by atomic mass is 10.2. The van der Waals surface area contributed by atoms with E-state index in [1.807, 2.05) is 13.0 Å². The fourth-order valence-corrected chi connectivity index (χ4v) is 2.56. The number of hydrogen-bond acceptors (Lipinski definition) is 3. The van der Waals surface area contributed by atoms with Gasteiger partial charge >= 0.3 is 0 Å². The molecule has 0 atom stereocenters. The maximum absolute atomic E-state index is 11.9. The van der Waals surface area contributed by atoms with Gasteiger partial charge in [0.2, 0.25) is 0 Å². The van der Waals surface area contributed by atoms with E-state index < -0.39 is 0 Å². The molecule has 5 heteroatoms. The van der Waals surface area contributed by atoms with Gasteiger partial charge in [0.15, 0.2) is 0 Å². The summed E-state index contributed by atoms with van der Waals surface area (Å²) in [7, 11) is 0. The van der Waals surface area contributed by atoms with Crippen LogP contribution in [0.2, 0.25) is 0 Å². The van der Waals surface area contributed by atoms with Crippen LogP contribution < -0.4 is 5.56 Å². The third-order valence-electron chi connectivity index (χ3n) is 2.97. The van der Waals surface area contributed by atoms with Crippen molar-refractivity contribution in [1.29, 1.82) is 0 Å². The monoisotopic (exact) mass is 342 g/mol. The molecule has 0 spiro atoms. The first kappa shape index (κ1) is 11.0. The van der Waals surface area contributed by atoms with Crippen molar-refractivity contribution in [2.45, 2.75) is 25.7 Å². The second-order valence-corrected chi connectivity index (χ2v) is 5.36. The number of nitrogens with zero attached hydrogens (tertiary/aromatic N) is 1. The summed E-state index contributed by atoms with van der Waals surface area (Å²) in [5, 5.41) is 0. The number of furan rings is 1. The molecule has 0 aliphatic heterocycles. The van der Waals surface area contributed by atoms with E-state index in [2.05, 4.69) is 32.6 Å². The molecule has 0 bridgehead atoms. The smallest absolute Gasteiger partial charge is 0.264 e. The normalized spacial score (nSPS) is 15.2. The van der Waals surface area contributed by atoms with E-state index in [0.29, 0.717) is 11.7 Å². The van der Waals surface area contributed by atoms with Gasteiger partial charge in [-0.15, -0.1) is 0 Å². The van der Waals surface area contributed by atoms with Gasteiger partial charge in [-0.25, -0.2) is 4.98 Å². The Bertz CT molecular complexity index is 626. The average molecular weight is 342 g/mol. The first-order chi connectivity index (χ1) is 8.16. The van der Waals surface area contributed by atoms with Crippen molar-refractivity contribution >= 4 is 22.6 Å². The Balaban J connectivity index is 2.18. The average Bonchev–Trinajstić information content (AvgIpc) is 3.05. The van der Waals surface area contributed by atoms with Crippen molar-refractivity contribution in [2.75, 3.05) is 0 Å². The van der Waals surface area contributed by atoms with Gasteiger partial charge in [-0.1, -0.05) is 0 Å². The van der Waals surface area contributed by atoms with E-state index in [0.717, 1.165) is 33.4 Å². The topological polar surface area (TPSA) is 58.9 Å². The molecule has 0 radical (unpaired) electrons. The molecule has 1 aliphatic carbocycles. The number of aromatic nitrogens is 2. The number of halogens is 1. The maximum Gasteiger partial charge on any atom is 0.264 e. The summed E-state index contributed by atoms with van der Waals surface area (Å²) >= 11 is 2.07. The molecule has 4 nitrogen and oxygen atoms in total. The van der Waals surface area contributed by atoms with E-state index >= 15 is 0 Å². The summed E-state index contributed by atoms with van der Waals surface area (Å²) in [6.45, 7) is 1.87. The lowest BCUT2D eigenvalue weighted by molar-refractivity contribution is 0.535. The molecule has 0 saturated heterocycles. The van der Waals surface area contributed by atoms with E-state index in [1.165, 1.54) is 0 Å². The highest BCUT2D eigenvalue weighted by Crippen LogP contribution is 2.40. The highest BCUT2D eigenvalue weighted by molar-refractivity contribution is 14.1. The van der Waals surface area contributed by atoms with Gasteiger partial charge in [-0.3, -0.25) is 4.79 Å². The summed E-state index contributed by atoms with van der Waals surface area (Å²) in [6, 6.07) is 1.83. The van der Waals surface area contributed by atoms with Crippen LogP contribution in [0.1, 0.15) is 30.2 Å². The largest absolute Gasteiger partial charge is 0.469 e. The predicted molar refractivity (Wildman–Crippen MR) is 72.0 cm³/mol. The molecular formula is C12H11IN2O2. The molecule has 2 aromatic heterocycles. The van der Waals surface area contributed by atoms with Gasteiger partial charge in [-0.05, 0) is 48.4 Å². The van der Waals surface area contributed by atoms with Gasteiger partial charge in [0.05, 0.1) is 21.1 Å². The van der Waals surface area contributed by atoms with E-state index in [-0.39, 0.29) is 5.56 Å². The van der Waals surface area contributed by atoms with Crippen molar-refractivity contribution in [3.63, 3.8) is 0 Å². The fourth-order valence-electron chi connectivity index (χ4n) is 1.86. The molecule has 0 amide bonds. The van der Waals surface area contributed by atoms with Crippen LogP contribution in [-0.2, 0) is 0 Å². The van der Waals surface area contributed by atoms with E-state index in [1.54, 1.807) is 6.26 Å². The van der Waals surface area contributed by atoms with Crippen molar-refractivity contribution in [1.82, 2.24) is 9.97 Å². The number of H-pyrrole nitrogens is 1. The van der Waals surface area contributed by atoms with Crippen molar-refractivity contribution in [2.24, 2.45) is 0 Å². The Labute approximate surface area is 112 Å². The Kier molecular flexibility index (Phi) is 2.57. The third kappa shape index (κ3) is 1.92. The van der Waals surface area contributed by atoms with Crippen molar-refractivity contribution in [3.8, 4) is 11.4 Å². The lowest BCUT2D eigenvalue weighted by Crippen LogP contribution is -2.16. The minimum absolute atomic E-state index is 0.0573. The predicted octanol–water partition coefficient (Wildman–Crippen LogP) is 2.82. The molecule has 1 fully saturated rings. The standard InChI is InChI=1S/C12H11IN2O2/c1-6-8(4-5-17-6)11-14-10(7-2-3-7)9(13)12(16)15-11/h4-5,7H,2-3H2,1H3,(H,14,15,16). The highest BCUT2D eigenvalue weighted by atomic mass is 127. The Morgan fingerprint density at radius 3 is 2.88 bits per heavy atom.